The van der Waals surface area contributed by atoms with Crippen LogP contribution in [-0.2, 0) is 4.74 Å². The second-order valence-corrected chi connectivity index (χ2v) is 0.864. The van der Waals surface area contributed by atoms with E-state index in [0.717, 1.165) is 0 Å². The zero-order valence-corrected chi connectivity index (χ0v) is 4.56. The summed E-state index contributed by atoms with van der Waals surface area (Å²) in [6, 6.07) is 0. The van der Waals surface area contributed by atoms with Crippen LogP contribution >= 0.6 is 0 Å². The predicted octanol–water partition coefficient (Wildman–Crippen LogP) is -0.899. The largest absolute Gasteiger partial charge is 0.388 e. The summed E-state index contributed by atoms with van der Waals surface area (Å²) >= 11 is 0. The van der Waals surface area contributed by atoms with Gasteiger partial charge in [-0.3, -0.25) is 5.41 Å². The third-order valence-electron chi connectivity index (χ3n) is 0. The van der Waals surface area contributed by atoms with Crippen molar-refractivity contribution in [1.82, 2.24) is 0 Å². The number of nitrogens with one attached hydrogen (secondary N) is 1. The van der Waals surface area contributed by atoms with E-state index in [1.54, 1.807) is 14.2 Å². The smallest absolute Gasteiger partial charge is 0.183 e. The summed E-state index contributed by atoms with van der Waals surface area (Å²) in [5, 5.41) is 6.06. The van der Waals surface area contributed by atoms with Gasteiger partial charge in [-0.25, -0.2) is 0 Å². The molecule has 0 aliphatic heterocycles. The van der Waals surface area contributed by atoms with Crippen molar-refractivity contribution < 1.29 is 4.74 Å². The van der Waals surface area contributed by atoms with Crippen LogP contribution in [0.3, 0.4) is 0 Å². The fraction of sp³-hybridized carbons (Fsp3) is 0.667. The average molecular weight is 105 g/mol. The summed E-state index contributed by atoms with van der Waals surface area (Å²) in [7, 11) is 3.25. The molecule has 44 valence electrons. The molecule has 0 rings (SSSR count). The molecule has 0 bridgehead atoms. The zero-order chi connectivity index (χ0) is 6.28. The van der Waals surface area contributed by atoms with Gasteiger partial charge in [0.25, 0.3) is 0 Å². The molecule has 0 spiro atoms. The SMILES string of the molecule is COC.N=C(N)N. The minimum Gasteiger partial charge on any atom is -0.388 e. The van der Waals surface area contributed by atoms with Crippen molar-refractivity contribution >= 4 is 5.96 Å². The molecule has 0 aromatic rings. The molecule has 0 saturated heterocycles. The third-order valence-corrected chi connectivity index (χ3v) is 0. The second-order valence-electron chi connectivity index (χ2n) is 0.864. The van der Waals surface area contributed by atoms with E-state index in [2.05, 4.69) is 16.2 Å². The fourth-order valence-electron chi connectivity index (χ4n) is 0. The number of nitrogens with two attached hydrogens (primary N) is 2. The average Bonchev–Trinajstić information content (AvgIpc) is 1.33. The molecule has 0 amide bonds. The number of guanidine groups is 1. The highest BCUT2D eigenvalue weighted by molar-refractivity contribution is 5.71. The van der Waals surface area contributed by atoms with E-state index in [-0.39, 0.29) is 5.96 Å². The summed E-state index contributed by atoms with van der Waals surface area (Å²) in [5.74, 6) is -0.333. The van der Waals surface area contributed by atoms with E-state index in [1.807, 2.05) is 0 Å². The number of methoxy groups -OCH3 is 1. The molecule has 0 radical (unpaired) electrons. The van der Waals surface area contributed by atoms with E-state index in [9.17, 15) is 0 Å². The Kier molecular flexibility index (Phi) is 12.2. The summed E-state index contributed by atoms with van der Waals surface area (Å²) in [6.45, 7) is 0. The maximum absolute atomic E-state index is 6.06. The summed E-state index contributed by atoms with van der Waals surface area (Å²) in [4.78, 5) is 0. The topological polar surface area (TPSA) is 85.1 Å². The molecule has 0 fully saturated rings. The lowest BCUT2D eigenvalue weighted by Gasteiger charge is -1.69. The quantitative estimate of drug-likeness (QED) is 0.276. The maximum Gasteiger partial charge on any atom is 0.183 e. The Bertz CT molecular complexity index is 41.4. The molecule has 0 saturated carbocycles. The first kappa shape index (κ1) is 9.52. The first-order valence-corrected chi connectivity index (χ1v) is 1.64. The number of hydrogen-bond donors (Lipinski definition) is 3. The van der Waals surface area contributed by atoms with E-state index in [1.165, 1.54) is 0 Å². The standard InChI is InChI=1S/C2H6O.CH5N3/c1-3-2;2-1(3)4/h1-2H3;(H5,2,3,4). The zero-order valence-electron chi connectivity index (χ0n) is 4.56. The molecule has 4 nitrogen and oxygen atoms in total. The van der Waals surface area contributed by atoms with Crippen LogP contribution in [0.25, 0.3) is 0 Å². The van der Waals surface area contributed by atoms with Gasteiger partial charge in [0.05, 0.1) is 0 Å². The molecule has 0 unspecified atom stereocenters. The van der Waals surface area contributed by atoms with Gasteiger partial charge in [-0.2, -0.15) is 0 Å². The van der Waals surface area contributed by atoms with Crippen molar-refractivity contribution in [3.8, 4) is 0 Å². The van der Waals surface area contributed by atoms with Gasteiger partial charge < -0.3 is 16.2 Å². The molecule has 0 heterocycles. The van der Waals surface area contributed by atoms with Crippen LogP contribution in [0.5, 0.6) is 0 Å². The molecular weight excluding hydrogens is 94.1 g/mol. The van der Waals surface area contributed by atoms with Crippen molar-refractivity contribution in [2.45, 2.75) is 0 Å². The Balaban J connectivity index is 0. The summed E-state index contributed by atoms with van der Waals surface area (Å²) in [6.07, 6.45) is 0. The lowest BCUT2D eigenvalue weighted by molar-refractivity contribution is 0.277. The third kappa shape index (κ3) is 92.0. The molecule has 4 heteroatoms. The van der Waals surface area contributed by atoms with Crippen LogP contribution in [0.15, 0.2) is 0 Å². The van der Waals surface area contributed by atoms with E-state index in [0.29, 0.717) is 0 Å². The Morgan fingerprint density at radius 1 is 1.43 bits per heavy atom. The van der Waals surface area contributed by atoms with Gasteiger partial charge in [0.15, 0.2) is 5.96 Å². The van der Waals surface area contributed by atoms with Crippen LogP contribution in [0, 0.1) is 5.41 Å². The summed E-state index contributed by atoms with van der Waals surface area (Å²) in [5.41, 5.74) is 8.94. The molecule has 0 aromatic carbocycles. The molecule has 5 N–H and O–H groups in total. The van der Waals surface area contributed by atoms with Crippen molar-refractivity contribution in [3.05, 3.63) is 0 Å². The minimum atomic E-state index is -0.333. The molecule has 0 aliphatic rings. The van der Waals surface area contributed by atoms with E-state index < -0.39 is 0 Å². The van der Waals surface area contributed by atoms with Gasteiger partial charge in [-0.15, -0.1) is 0 Å². The molecule has 0 aliphatic carbocycles. The molecule has 7 heavy (non-hydrogen) atoms. The number of hydrogen-bond acceptors (Lipinski definition) is 2. The van der Waals surface area contributed by atoms with Crippen LogP contribution in [0.4, 0.5) is 0 Å². The van der Waals surface area contributed by atoms with Gasteiger partial charge in [-0.1, -0.05) is 0 Å². The normalized spacial score (nSPS) is 6.00. The van der Waals surface area contributed by atoms with Crippen molar-refractivity contribution in [3.63, 3.8) is 0 Å². The lowest BCUT2D eigenvalue weighted by Crippen LogP contribution is -2.20. The van der Waals surface area contributed by atoms with Crippen LogP contribution in [-0.4, -0.2) is 20.2 Å². The Hall–Kier alpha value is -0.770. The van der Waals surface area contributed by atoms with Crippen molar-refractivity contribution in [2.75, 3.05) is 14.2 Å². The van der Waals surface area contributed by atoms with Gasteiger partial charge in [0.1, 0.15) is 0 Å². The highest BCUT2D eigenvalue weighted by Gasteiger charge is 1.52. The van der Waals surface area contributed by atoms with E-state index >= 15 is 0 Å². The van der Waals surface area contributed by atoms with Crippen LogP contribution in [0.2, 0.25) is 0 Å². The molecule has 0 atom stereocenters. The van der Waals surface area contributed by atoms with Gasteiger partial charge in [0.2, 0.25) is 0 Å². The Morgan fingerprint density at radius 2 is 1.43 bits per heavy atom. The van der Waals surface area contributed by atoms with Crippen LogP contribution < -0.4 is 11.5 Å². The van der Waals surface area contributed by atoms with Gasteiger partial charge >= 0.3 is 0 Å². The summed E-state index contributed by atoms with van der Waals surface area (Å²) < 4.78 is 4.25. The second kappa shape index (κ2) is 8.97. The van der Waals surface area contributed by atoms with E-state index in [4.69, 9.17) is 5.41 Å². The minimum absolute atomic E-state index is 0.333. The highest BCUT2D eigenvalue weighted by Crippen LogP contribution is 1.28. The van der Waals surface area contributed by atoms with Crippen LogP contribution in [0.1, 0.15) is 0 Å². The Morgan fingerprint density at radius 3 is 1.43 bits per heavy atom. The predicted molar refractivity (Wildman–Crippen MR) is 29.0 cm³/mol. The van der Waals surface area contributed by atoms with Crippen molar-refractivity contribution in [1.29, 1.82) is 5.41 Å². The fourth-order valence-corrected chi connectivity index (χ4v) is 0. The lowest BCUT2D eigenvalue weighted by atomic mass is 11.1. The molecule has 0 aromatic heterocycles. The van der Waals surface area contributed by atoms with Gasteiger partial charge in [-0.05, 0) is 0 Å². The Labute approximate surface area is 43.0 Å². The van der Waals surface area contributed by atoms with Gasteiger partial charge in [0, 0.05) is 14.2 Å². The first-order chi connectivity index (χ1) is 3.15. The number of ether oxygens (including phenoxy) is 1. The molecular formula is C3H11N3O. The number of rotatable bonds is 0. The van der Waals surface area contributed by atoms with Crippen molar-refractivity contribution in [2.24, 2.45) is 11.5 Å². The highest BCUT2D eigenvalue weighted by atomic mass is 16.4. The maximum atomic E-state index is 6.06. The first-order valence-electron chi connectivity index (χ1n) is 1.64. The monoisotopic (exact) mass is 105 g/mol.